The molecule has 1 aromatic heterocycles. The summed E-state index contributed by atoms with van der Waals surface area (Å²) < 4.78 is 0. The van der Waals surface area contributed by atoms with E-state index in [9.17, 15) is 0 Å². The van der Waals surface area contributed by atoms with Gasteiger partial charge in [-0.25, -0.2) is 9.97 Å². The molecule has 5 heteroatoms. The van der Waals surface area contributed by atoms with Crippen molar-refractivity contribution in [3.8, 4) is 0 Å². The number of nitrogens with zero attached hydrogens (tertiary/aromatic N) is 3. The number of anilines is 2. The van der Waals surface area contributed by atoms with Crippen molar-refractivity contribution < 1.29 is 0 Å². The van der Waals surface area contributed by atoms with Crippen LogP contribution < -0.4 is 11.2 Å². The SMILES string of the molecule is C=C(C)C1C=NNc2nc(C3C=CC(C)=CC3)nc(N)c21. The van der Waals surface area contributed by atoms with Crippen molar-refractivity contribution in [1.29, 1.82) is 0 Å². The van der Waals surface area contributed by atoms with Crippen molar-refractivity contribution in [1.82, 2.24) is 9.97 Å². The fraction of sp³-hybridized carbons (Fsp3) is 0.312. The molecule has 2 heterocycles. The molecule has 1 aromatic rings. The quantitative estimate of drug-likeness (QED) is 0.817. The van der Waals surface area contributed by atoms with Crippen molar-refractivity contribution in [3.63, 3.8) is 0 Å². The van der Waals surface area contributed by atoms with Crippen LogP contribution in [0, 0.1) is 0 Å². The first-order valence-corrected chi connectivity index (χ1v) is 7.03. The molecule has 0 saturated carbocycles. The van der Waals surface area contributed by atoms with Crippen LogP contribution in [0.3, 0.4) is 0 Å². The molecule has 0 bridgehead atoms. The fourth-order valence-corrected chi connectivity index (χ4v) is 2.60. The molecular formula is C16H19N5. The Labute approximate surface area is 124 Å². The van der Waals surface area contributed by atoms with Gasteiger partial charge in [-0.1, -0.05) is 36.0 Å². The largest absolute Gasteiger partial charge is 0.383 e. The number of hydrogen-bond donors (Lipinski definition) is 2. The lowest BCUT2D eigenvalue weighted by Gasteiger charge is -2.23. The monoisotopic (exact) mass is 281 g/mol. The summed E-state index contributed by atoms with van der Waals surface area (Å²) in [6.45, 7) is 8.03. The maximum atomic E-state index is 6.17. The third-order valence-corrected chi connectivity index (χ3v) is 3.85. The highest BCUT2D eigenvalue weighted by molar-refractivity contribution is 5.81. The van der Waals surface area contributed by atoms with Crippen molar-refractivity contribution in [2.24, 2.45) is 5.10 Å². The van der Waals surface area contributed by atoms with E-state index in [4.69, 9.17) is 5.73 Å². The molecule has 0 amide bonds. The smallest absolute Gasteiger partial charge is 0.156 e. The van der Waals surface area contributed by atoms with Crippen LogP contribution in [0.4, 0.5) is 11.6 Å². The molecule has 2 atom stereocenters. The number of allylic oxidation sites excluding steroid dienone is 5. The van der Waals surface area contributed by atoms with E-state index >= 15 is 0 Å². The first kappa shape index (κ1) is 13.5. The second-order valence-corrected chi connectivity index (χ2v) is 5.59. The Morgan fingerprint density at radius 2 is 2.24 bits per heavy atom. The Balaban J connectivity index is 2.00. The predicted octanol–water partition coefficient (Wildman–Crippen LogP) is 3.12. The highest BCUT2D eigenvalue weighted by Crippen LogP contribution is 2.35. The summed E-state index contributed by atoms with van der Waals surface area (Å²) in [7, 11) is 0. The molecule has 2 unspecified atom stereocenters. The summed E-state index contributed by atoms with van der Waals surface area (Å²) in [6, 6.07) is 0. The van der Waals surface area contributed by atoms with Gasteiger partial charge in [0.05, 0.1) is 5.56 Å². The van der Waals surface area contributed by atoms with Gasteiger partial charge in [0, 0.05) is 18.1 Å². The van der Waals surface area contributed by atoms with Gasteiger partial charge in [0.25, 0.3) is 0 Å². The van der Waals surface area contributed by atoms with E-state index in [0.29, 0.717) is 11.6 Å². The average Bonchev–Trinajstić information content (AvgIpc) is 2.47. The van der Waals surface area contributed by atoms with Gasteiger partial charge in [0.2, 0.25) is 0 Å². The lowest BCUT2D eigenvalue weighted by Crippen LogP contribution is -2.18. The Morgan fingerprint density at radius 1 is 1.43 bits per heavy atom. The van der Waals surface area contributed by atoms with E-state index in [2.05, 4.69) is 52.2 Å². The minimum absolute atomic E-state index is 0.0284. The summed E-state index contributed by atoms with van der Waals surface area (Å²) >= 11 is 0. The lowest BCUT2D eigenvalue weighted by atomic mass is 9.93. The number of nitrogens with two attached hydrogens (primary N) is 1. The zero-order valence-corrected chi connectivity index (χ0v) is 12.3. The van der Waals surface area contributed by atoms with Gasteiger partial charge < -0.3 is 5.73 Å². The number of nitrogen functional groups attached to an aromatic ring is 1. The fourth-order valence-electron chi connectivity index (χ4n) is 2.60. The lowest BCUT2D eigenvalue weighted by molar-refractivity contribution is 0.763. The summed E-state index contributed by atoms with van der Waals surface area (Å²) in [5, 5.41) is 4.15. The van der Waals surface area contributed by atoms with Gasteiger partial charge in [0.15, 0.2) is 5.82 Å². The first-order valence-electron chi connectivity index (χ1n) is 7.03. The molecule has 3 rings (SSSR count). The van der Waals surface area contributed by atoms with E-state index in [-0.39, 0.29) is 11.8 Å². The second-order valence-electron chi connectivity index (χ2n) is 5.59. The summed E-state index contributed by atoms with van der Waals surface area (Å²) in [5.41, 5.74) is 12.2. The Kier molecular flexibility index (Phi) is 3.33. The molecule has 0 radical (unpaired) electrons. The third kappa shape index (κ3) is 2.46. The second kappa shape index (κ2) is 5.16. The Morgan fingerprint density at radius 3 is 2.90 bits per heavy atom. The van der Waals surface area contributed by atoms with Crippen LogP contribution in [0.25, 0.3) is 0 Å². The van der Waals surface area contributed by atoms with Gasteiger partial charge in [-0.2, -0.15) is 5.10 Å². The van der Waals surface area contributed by atoms with Gasteiger partial charge >= 0.3 is 0 Å². The number of rotatable bonds is 2. The number of fused-ring (bicyclic) bond motifs is 1. The molecule has 0 aromatic carbocycles. The standard InChI is InChI=1S/C16H19N5/c1-9(2)12-8-18-21-16-13(12)14(17)19-15(20-16)11-6-4-10(3)5-7-11/h4-6,8,11-12H,1,7H2,2-3H3,(H3,17,19,20,21). The van der Waals surface area contributed by atoms with E-state index < -0.39 is 0 Å². The molecule has 2 aliphatic rings. The maximum Gasteiger partial charge on any atom is 0.156 e. The van der Waals surface area contributed by atoms with Gasteiger partial charge in [-0.15, -0.1) is 0 Å². The van der Waals surface area contributed by atoms with E-state index in [1.807, 2.05) is 6.92 Å². The molecule has 0 saturated heterocycles. The molecular weight excluding hydrogens is 262 g/mol. The van der Waals surface area contributed by atoms with Crippen molar-refractivity contribution in [2.75, 3.05) is 11.2 Å². The van der Waals surface area contributed by atoms with Crippen LogP contribution in [-0.2, 0) is 0 Å². The third-order valence-electron chi connectivity index (χ3n) is 3.85. The van der Waals surface area contributed by atoms with Gasteiger partial charge in [-0.05, 0) is 20.3 Å². The molecule has 5 nitrogen and oxygen atoms in total. The van der Waals surface area contributed by atoms with Crippen LogP contribution in [0.5, 0.6) is 0 Å². The van der Waals surface area contributed by atoms with Crippen LogP contribution in [0.15, 0.2) is 41.1 Å². The van der Waals surface area contributed by atoms with E-state index in [0.717, 1.165) is 23.4 Å². The minimum atomic E-state index is -0.0284. The predicted molar refractivity (Wildman–Crippen MR) is 86.4 cm³/mol. The zero-order valence-electron chi connectivity index (χ0n) is 12.3. The molecule has 3 N–H and O–H groups in total. The highest BCUT2D eigenvalue weighted by atomic mass is 15.3. The Hall–Kier alpha value is -2.43. The summed E-state index contributed by atoms with van der Waals surface area (Å²) in [4.78, 5) is 9.13. The highest BCUT2D eigenvalue weighted by Gasteiger charge is 2.25. The number of nitrogens with one attached hydrogen (secondary N) is 1. The summed E-state index contributed by atoms with van der Waals surface area (Å²) in [5.74, 6) is 2.06. The topological polar surface area (TPSA) is 76.2 Å². The number of hydrazone groups is 1. The van der Waals surface area contributed by atoms with Gasteiger partial charge in [0.1, 0.15) is 11.6 Å². The van der Waals surface area contributed by atoms with Crippen LogP contribution >= 0.6 is 0 Å². The van der Waals surface area contributed by atoms with Crippen molar-refractivity contribution >= 4 is 17.9 Å². The normalized spacial score (nSPS) is 23.2. The first-order chi connectivity index (χ1) is 10.1. The van der Waals surface area contributed by atoms with Crippen LogP contribution in [0.2, 0.25) is 0 Å². The molecule has 1 aliphatic carbocycles. The Bertz CT molecular complexity index is 684. The van der Waals surface area contributed by atoms with Crippen molar-refractivity contribution in [3.05, 3.63) is 47.3 Å². The number of hydrogen-bond acceptors (Lipinski definition) is 5. The molecule has 0 spiro atoms. The zero-order chi connectivity index (χ0) is 15.0. The number of aromatic nitrogens is 2. The van der Waals surface area contributed by atoms with E-state index in [1.54, 1.807) is 6.21 Å². The van der Waals surface area contributed by atoms with Crippen molar-refractivity contribution in [2.45, 2.75) is 32.1 Å². The van der Waals surface area contributed by atoms with Crippen LogP contribution in [0.1, 0.15) is 43.5 Å². The van der Waals surface area contributed by atoms with E-state index in [1.165, 1.54) is 5.57 Å². The van der Waals surface area contributed by atoms with Crippen LogP contribution in [-0.4, -0.2) is 16.2 Å². The molecule has 108 valence electrons. The molecule has 21 heavy (non-hydrogen) atoms. The molecule has 0 fully saturated rings. The molecule has 1 aliphatic heterocycles. The average molecular weight is 281 g/mol. The minimum Gasteiger partial charge on any atom is -0.383 e. The maximum absolute atomic E-state index is 6.17. The summed E-state index contributed by atoms with van der Waals surface area (Å²) in [6.07, 6.45) is 9.09. The van der Waals surface area contributed by atoms with Gasteiger partial charge in [-0.3, -0.25) is 5.43 Å².